The van der Waals surface area contributed by atoms with Crippen molar-refractivity contribution in [2.24, 2.45) is 0 Å². The lowest BCUT2D eigenvalue weighted by Crippen LogP contribution is -2.49. The highest BCUT2D eigenvalue weighted by Gasteiger charge is 2.28. The molecule has 2 N–H and O–H groups in total. The van der Waals surface area contributed by atoms with Crippen molar-refractivity contribution in [3.8, 4) is 5.75 Å². The fourth-order valence-corrected chi connectivity index (χ4v) is 2.35. The zero-order valence-electron chi connectivity index (χ0n) is 17.6. The van der Waals surface area contributed by atoms with Gasteiger partial charge in [0.25, 0.3) is 0 Å². The molecule has 0 bridgehead atoms. The van der Waals surface area contributed by atoms with Crippen LogP contribution in [0, 0.1) is 6.92 Å². The van der Waals surface area contributed by atoms with Gasteiger partial charge < -0.3 is 24.8 Å². The molecule has 0 heterocycles. The Balaban J connectivity index is 2.83. The minimum Gasteiger partial charge on any atom is -0.497 e. The third-order valence-electron chi connectivity index (χ3n) is 3.36. The summed E-state index contributed by atoms with van der Waals surface area (Å²) >= 11 is 5.38. The molecule has 0 radical (unpaired) electrons. The number of carbonyl (C=O) groups is 1. The van der Waals surface area contributed by atoms with Crippen molar-refractivity contribution in [1.82, 2.24) is 5.32 Å². The van der Waals surface area contributed by atoms with Gasteiger partial charge in [-0.15, -0.1) is 0 Å². The van der Waals surface area contributed by atoms with Crippen LogP contribution in [0.2, 0.25) is 0 Å². The molecule has 0 amide bonds. The van der Waals surface area contributed by atoms with Gasteiger partial charge >= 0.3 is 5.97 Å². The first kappa shape index (κ1) is 23.2. The molecule has 0 aliphatic rings. The van der Waals surface area contributed by atoms with Crippen molar-refractivity contribution in [1.29, 1.82) is 0 Å². The second-order valence-electron chi connectivity index (χ2n) is 8.29. The number of esters is 1. The summed E-state index contributed by atoms with van der Waals surface area (Å²) in [5.41, 5.74) is 0.815. The molecular weight excluding hydrogens is 364 g/mol. The molecule has 152 valence electrons. The number of aryl methyl sites for hydroxylation is 1. The van der Waals surface area contributed by atoms with Gasteiger partial charge in [-0.2, -0.15) is 0 Å². The molecule has 0 saturated carbocycles. The second-order valence-corrected chi connectivity index (χ2v) is 8.70. The Kier molecular flexibility index (Phi) is 8.04. The fraction of sp³-hybridized carbons (Fsp3) is 0.600. The van der Waals surface area contributed by atoms with Crippen LogP contribution >= 0.6 is 12.2 Å². The average molecular weight is 397 g/mol. The average Bonchev–Trinajstić information content (AvgIpc) is 2.50. The molecule has 1 rings (SSSR count). The van der Waals surface area contributed by atoms with E-state index in [1.807, 2.05) is 66.7 Å². The number of carbonyl (C=O) groups excluding carboxylic acids is 1. The van der Waals surface area contributed by atoms with E-state index in [4.69, 9.17) is 26.4 Å². The van der Waals surface area contributed by atoms with Crippen LogP contribution in [-0.2, 0) is 14.3 Å². The Morgan fingerprint density at radius 2 is 1.78 bits per heavy atom. The molecule has 0 aromatic heterocycles. The third-order valence-corrected chi connectivity index (χ3v) is 3.58. The number of benzene rings is 1. The summed E-state index contributed by atoms with van der Waals surface area (Å²) in [5, 5.41) is 6.43. The minimum absolute atomic E-state index is 0.141. The zero-order valence-corrected chi connectivity index (χ0v) is 18.4. The molecule has 6 nitrogen and oxygen atoms in total. The number of anilines is 1. The summed E-state index contributed by atoms with van der Waals surface area (Å²) in [6.45, 7) is 13.3. The molecule has 27 heavy (non-hydrogen) atoms. The summed E-state index contributed by atoms with van der Waals surface area (Å²) in [4.78, 5) is 12.5. The van der Waals surface area contributed by atoms with E-state index >= 15 is 0 Å². The van der Waals surface area contributed by atoms with E-state index in [9.17, 15) is 4.79 Å². The molecule has 1 aromatic rings. The molecule has 0 aliphatic heterocycles. The summed E-state index contributed by atoms with van der Waals surface area (Å²) in [6.07, 6.45) is 0. The van der Waals surface area contributed by atoms with E-state index in [1.165, 1.54) is 0 Å². The molecule has 0 saturated heterocycles. The van der Waals surface area contributed by atoms with Crippen LogP contribution in [-0.4, -0.2) is 42.0 Å². The lowest BCUT2D eigenvalue weighted by molar-refractivity contribution is -0.159. The first-order valence-corrected chi connectivity index (χ1v) is 9.30. The van der Waals surface area contributed by atoms with Crippen molar-refractivity contribution in [3.05, 3.63) is 23.8 Å². The van der Waals surface area contributed by atoms with Crippen molar-refractivity contribution < 1.29 is 19.0 Å². The monoisotopic (exact) mass is 396 g/mol. The normalized spacial score (nSPS) is 12.9. The predicted octanol–water partition coefficient (Wildman–Crippen LogP) is 3.82. The van der Waals surface area contributed by atoms with E-state index < -0.39 is 17.6 Å². The molecule has 0 spiro atoms. The van der Waals surface area contributed by atoms with Gasteiger partial charge in [-0.25, -0.2) is 4.79 Å². The highest BCUT2D eigenvalue weighted by molar-refractivity contribution is 7.80. The van der Waals surface area contributed by atoms with E-state index in [0.29, 0.717) is 5.11 Å². The molecular formula is C20H32N2O4S. The van der Waals surface area contributed by atoms with Gasteiger partial charge in [-0.1, -0.05) is 0 Å². The summed E-state index contributed by atoms with van der Waals surface area (Å²) in [6, 6.07) is 4.89. The number of thiocarbonyl (C=S) groups is 1. The minimum atomic E-state index is -0.720. The number of methoxy groups -OCH3 is 1. The Morgan fingerprint density at radius 3 is 2.26 bits per heavy atom. The van der Waals surface area contributed by atoms with E-state index in [1.54, 1.807) is 7.11 Å². The molecule has 1 aromatic carbocycles. The van der Waals surface area contributed by atoms with Crippen molar-refractivity contribution in [2.45, 2.75) is 65.7 Å². The van der Waals surface area contributed by atoms with Crippen LogP contribution in [0.5, 0.6) is 5.75 Å². The number of hydrogen-bond acceptors (Lipinski definition) is 5. The van der Waals surface area contributed by atoms with Gasteiger partial charge in [0, 0.05) is 5.69 Å². The molecule has 0 aliphatic carbocycles. The number of hydrogen-bond donors (Lipinski definition) is 2. The van der Waals surface area contributed by atoms with E-state index in [0.717, 1.165) is 17.0 Å². The van der Waals surface area contributed by atoms with Crippen LogP contribution < -0.4 is 15.4 Å². The van der Waals surface area contributed by atoms with Crippen molar-refractivity contribution in [3.63, 3.8) is 0 Å². The third kappa shape index (κ3) is 9.06. The Morgan fingerprint density at radius 1 is 1.15 bits per heavy atom. The molecule has 1 unspecified atom stereocenters. The number of nitrogens with one attached hydrogen (secondary N) is 2. The SMILES string of the molecule is COc1ccc(NC(=S)NC(COC(C)(C)C)C(=O)OC(C)(C)C)c(C)c1. The first-order chi connectivity index (χ1) is 12.3. The summed E-state index contributed by atoms with van der Waals surface area (Å²) in [7, 11) is 1.62. The van der Waals surface area contributed by atoms with Gasteiger partial charge in [-0.3, -0.25) is 0 Å². The van der Waals surface area contributed by atoms with Gasteiger partial charge in [-0.05, 0) is 84.4 Å². The smallest absolute Gasteiger partial charge is 0.331 e. The predicted molar refractivity (Wildman–Crippen MR) is 112 cm³/mol. The second kappa shape index (κ2) is 9.37. The van der Waals surface area contributed by atoms with Gasteiger partial charge in [0.15, 0.2) is 5.11 Å². The van der Waals surface area contributed by atoms with Crippen molar-refractivity contribution in [2.75, 3.05) is 19.0 Å². The van der Waals surface area contributed by atoms with Gasteiger partial charge in [0.05, 0.1) is 19.3 Å². The quantitative estimate of drug-likeness (QED) is 0.560. The maximum Gasteiger partial charge on any atom is 0.331 e. The van der Waals surface area contributed by atoms with Crippen LogP contribution in [0.4, 0.5) is 5.69 Å². The van der Waals surface area contributed by atoms with Crippen LogP contribution in [0.3, 0.4) is 0 Å². The van der Waals surface area contributed by atoms with E-state index in [2.05, 4.69) is 10.6 Å². The molecule has 1 atom stereocenters. The van der Waals surface area contributed by atoms with E-state index in [-0.39, 0.29) is 12.2 Å². The largest absolute Gasteiger partial charge is 0.497 e. The lowest BCUT2D eigenvalue weighted by atomic mass is 10.1. The van der Waals surface area contributed by atoms with Gasteiger partial charge in [0.2, 0.25) is 0 Å². The first-order valence-electron chi connectivity index (χ1n) is 8.90. The summed E-state index contributed by atoms with van der Waals surface area (Å²) in [5.74, 6) is 0.351. The Bertz CT molecular complexity index is 663. The highest BCUT2D eigenvalue weighted by atomic mass is 32.1. The number of ether oxygens (including phenoxy) is 3. The number of rotatable bonds is 6. The van der Waals surface area contributed by atoms with Crippen molar-refractivity contribution >= 4 is 29.0 Å². The van der Waals surface area contributed by atoms with Crippen LogP contribution in [0.15, 0.2) is 18.2 Å². The maximum atomic E-state index is 12.5. The van der Waals surface area contributed by atoms with Crippen LogP contribution in [0.1, 0.15) is 47.1 Å². The lowest BCUT2D eigenvalue weighted by Gasteiger charge is -2.28. The highest BCUT2D eigenvalue weighted by Crippen LogP contribution is 2.21. The topological polar surface area (TPSA) is 68.8 Å². The van der Waals surface area contributed by atoms with Gasteiger partial charge in [0.1, 0.15) is 17.4 Å². The molecule has 7 heteroatoms. The molecule has 0 fully saturated rings. The zero-order chi connectivity index (χ0) is 20.8. The maximum absolute atomic E-state index is 12.5. The Labute approximate surface area is 168 Å². The summed E-state index contributed by atoms with van der Waals surface area (Å²) < 4.78 is 16.5. The fourth-order valence-electron chi connectivity index (χ4n) is 2.09. The van der Waals surface area contributed by atoms with Crippen LogP contribution in [0.25, 0.3) is 0 Å². The standard InChI is InChI=1S/C20H32N2O4S/c1-13-11-14(24-8)9-10-15(13)21-18(27)22-16(12-25-19(2,3)4)17(23)26-20(5,6)7/h9-11,16H,12H2,1-8H3,(H2,21,22,27). The Hall–Kier alpha value is -1.86.